The first-order chi connectivity index (χ1) is 9.31. The Morgan fingerprint density at radius 3 is 2.40 bits per heavy atom. The highest BCUT2D eigenvalue weighted by atomic mass is 35.5. The van der Waals surface area contributed by atoms with Crippen molar-refractivity contribution < 1.29 is 13.2 Å². The maximum Gasteiger partial charge on any atom is 0.240 e. The second-order valence-corrected chi connectivity index (χ2v) is 7.00. The molecule has 0 aromatic heterocycles. The van der Waals surface area contributed by atoms with Crippen LogP contribution in [-0.2, 0) is 14.8 Å². The molecule has 0 bridgehead atoms. The van der Waals surface area contributed by atoms with Gasteiger partial charge in [-0.3, -0.25) is 4.79 Å². The topological polar surface area (TPSA) is 75.3 Å². The molecule has 0 aliphatic rings. The van der Waals surface area contributed by atoms with Crippen molar-refractivity contribution in [2.24, 2.45) is 5.92 Å². The lowest BCUT2D eigenvalue weighted by Crippen LogP contribution is -2.32. The molecule has 0 radical (unpaired) electrons. The van der Waals surface area contributed by atoms with Crippen molar-refractivity contribution in [3.8, 4) is 0 Å². The summed E-state index contributed by atoms with van der Waals surface area (Å²) in [5.74, 6) is 0.196. The molecule has 20 heavy (non-hydrogen) atoms. The number of carbonyl (C=O) groups excluding carboxylic acids is 1. The minimum atomic E-state index is -3.59. The fourth-order valence-electron chi connectivity index (χ4n) is 1.40. The molecule has 1 aromatic carbocycles. The molecule has 0 aliphatic heterocycles. The van der Waals surface area contributed by atoms with Crippen molar-refractivity contribution in [2.75, 3.05) is 13.1 Å². The van der Waals surface area contributed by atoms with Crippen LogP contribution in [-0.4, -0.2) is 27.4 Å². The van der Waals surface area contributed by atoms with E-state index in [1.165, 1.54) is 24.3 Å². The average molecular weight is 319 g/mol. The summed E-state index contributed by atoms with van der Waals surface area (Å²) in [7, 11) is -3.59. The zero-order chi connectivity index (χ0) is 15.2. The van der Waals surface area contributed by atoms with Crippen LogP contribution < -0.4 is 10.0 Å². The monoisotopic (exact) mass is 318 g/mol. The molecule has 5 nitrogen and oxygen atoms in total. The SMILES string of the molecule is CC(C)CNC(=O)CCNS(=O)(=O)c1ccc(Cl)cc1. The summed E-state index contributed by atoms with van der Waals surface area (Å²) in [6, 6.07) is 5.85. The number of hydrogen-bond acceptors (Lipinski definition) is 3. The summed E-state index contributed by atoms with van der Waals surface area (Å²) in [6.45, 7) is 4.63. The van der Waals surface area contributed by atoms with Crippen molar-refractivity contribution in [2.45, 2.75) is 25.2 Å². The fourth-order valence-corrected chi connectivity index (χ4v) is 2.56. The van der Waals surface area contributed by atoms with E-state index >= 15 is 0 Å². The minimum absolute atomic E-state index is 0.0644. The highest BCUT2D eigenvalue weighted by Gasteiger charge is 2.13. The van der Waals surface area contributed by atoms with Crippen LogP contribution >= 0.6 is 11.6 Å². The van der Waals surface area contributed by atoms with Gasteiger partial charge < -0.3 is 5.32 Å². The summed E-state index contributed by atoms with van der Waals surface area (Å²) in [4.78, 5) is 11.6. The van der Waals surface area contributed by atoms with Gasteiger partial charge in [0.15, 0.2) is 0 Å². The molecule has 112 valence electrons. The number of sulfonamides is 1. The molecule has 2 N–H and O–H groups in total. The third kappa shape index (κ3) is 5.90. The summed E-state index contributed by atoms with van der Waals surface area (Å²) < 4.78 is 26.2. The zero-order valence-corrected chi connectivity index (χ0v) is 13.1. The first kappa shape index (κ1) is 16.9. The van der Waals surface area contributed by atoms with Crippen molar-refractivity contribution in [1.82, 2.24) is 10.0 Å². The second kappa shape index (κ2) is 7.61. The molecule has 0 fully saturated rings. The van der Waals surface area contributed by atoms with E-state index in [1.54, 1.807) is 0 Å². The van der Waals surface area contributed by atoms with Crippen LogP contribution in [0.15, 0.2) is 29.2 Å². The highest BCUT2D eigenvalue weighted by Crippen LogP contribution is 2.13. The molecule has 0 heterocycles. The molecule has 0 unspecified atom stereocenters. The fraction of sp³-hybridized carbons (Fsp3) is 0.462. The van der Waals surface area contributed by atoms with E-state index in [4.69, 9.17) is 11.6 Å². The van der Waals surface area contributed by atoms with Crippen LogP contribution in [0.3, 0.4) is 0 Å². The van der Waals surface area contributed by atoms with Gasteiger partial charge in [-0.2, -0.15) is 0 Å². The van der Waals surface area contributed by atoms with Gasteiger partial charge in [0.05, 0.1) is 4.90 Å². The Morgan fingerprint density at radius 2 is 1.85 bits per heavy atom. The summed E-state index contributed by atoms with van der Waals surface area (Å²) in [6.07, 6.45) is 0.111. The third-order valence-corrected chi connectivity index (χ3v) is 4.20. The van der Waals surface area contributed by atoms with Gasteiger partial charge in [-0.25, -0.2) is 13.1 Å². The molecule has 1 amide bonds. The predicted octanol–water partition coefficient (Wildman–Crippen LogP) is 1.78. The summed E-state index contributed by atoms with van der Waals surface area (Å²) >= 11 is 5.70. The van der Waals surface area contributed by atoms with Crippen molar-refractivity contribution in [3.63, 3.8) is 0 Å². The lowest BCUT2D eigenvalue weighted by molar-refractivity contribution is -0.121. The van der Waals surface area contributed by atoms with Crippen LogP contribution in [0.25, 0.3) is 0 Å². The number of nitrogens with one attached hydrogen (secondary N) is 2. The smallest absolute Gasteiger partial charge is 0.240 e. The largest absolute Gasteiger partial charge is 0.356 e. The highest BCUT2D eigenvalue weighted by molar-refractivity contribution is 7.89. The zero-order valence-electron chi connectivity index (χ0n) is 11.5. The summed E-state index contributed by atoms with van der Waals surface area (Å²) in [5.41, 5.74) is 0. The molecule has 0 spiro atoms. The van der Waals surface area contributed by atoms with Crippen molar-refractivity contribution >= 4 is 27.5 Å². The van der Waals surface area contributed by atoms with Gasteiger partial charge >= 0.3 is 0 Å². The Bertz CT molecular complexity index is 541. The number of amides is 1. The Hall–Kier alpha value is -1.11. The lowest BCUT2D eigenvalue weighted by Gasteiger charge is -2.09. The van der Waals surface area contributed by atoms with E-state index in [2.05, 4.69) is 10.0 Å². The second-order valence-electron chi connectivity index (χ2n) is 4.80. The minimum Gasteiger partial charge on any atom is -0.356 e. The van der Waals surface area contributed by atoms with Crippen LogP contribution in [0.2, 0.25) is 5.02 Å². The molecule has 7 heteroatoms. The molecule has 1 aromatic rings. The first-order valence-corrected chi connectivity index (χ1v) is 8.19. The van der Waals surface area contributed by atoms with E-state index in [-0.39, 0.29) is 23.8 Å². The van der Waals surface area contributed by atoms with Gasteiger partial charge in [0.2, 0.25) is 15.9 Å². The molecule has 0 aliphatic carbocycles. The normalized spacial score (nSPS) is 11.6. The maximum absolute atomic E-state index is 11.9. The number of carbonyl (C=O) groups is 1. The van der Waals surface area contributed by atoms with Gasteiger partial charge in [-0.15, -0.1) is 0 Å². The predicted molar refractivity (Wildman–Crippen MR) is 79.1 cm³/mol. The van der Waals surface area contributed by atoms with Gasteiger partial charge in [-0.05, 0) is 30.2 Å². The Morgan fingerprint density at radius 1 is 1.25 bits per heavy atom. The van der Waals surface area contributed by atoms with Crippen molar-refractivity contribution in [1.29, 1.82) is 0 Å². The van der Waals surface area contributed by atoms with Gasteiger partial charge in [0, 0.05) is 24.5 Å². The average Bonchev–Trinajstić information content (AvgIpc) is 2.36. The lowest BCUT2D eigenvalue weighted by atomic mass is 10.2. The molecular weight excluding hydrogens is 300 g/mol. The van der Waals surface area contributed by atoms with Crippen LogP contribution in [0.5, 0.6) is 0 Å². The van der Waals surface area contributed by atoms with Crippen LogP contribution in [0.4, 0.5) is 0 Å². The van der Waals surface area contributed by atoms with Gasteiger partial charge in [0.1, 0.15) is 0 Å². The maximum atomic E-state index is 11.9. The quantitative estimate of drug-likeness (QED) is 0.804. The molecule has 0 saturated carbocycles. The van der Waals surface area contributed by atoms with E-state index in [1.807, 2.05) is 13.8 Å². The van der Waals surface area contributed by atoms with Gasteiger partial charge in [-0.1, -0.05) is 25.4 Å². The number of benzene rings is 1. The number of rotatable bonds is 7. The van der Waals surface area contributed by atoms with E-state index in [0.29, 0.717) is 17.5 Å². The third-order valence-electron chi connectivity index (χ3n) is 2.48. The Kier molecular flexibility index (Phi) is 6.45. The van der Waals surface area contributed by atoms with Crippen molar-refractivity contribution in [3.05, 3.63) is 29.3 Å². The summed E-state index contributed by atoms with van der Waals surface area (Å²) in [5, 5.41) is 3.19. The Labute approximate surface area is 124 Å². The van der Waals surface area contributed by atoms with E-state index < -0.39 is 10.0 Å². The molecule has 1 rings (SSSR count). The number of halogens is 1. The van der Waals surface area contributed by atoms with E-state index in [9.17, 15) is 13.2 Å². The molecule has 0 saturated heterocycles. The van der Waals surface area contributed by atoms with Gasteiger partial charge in [0.25, 0.3) is 0 Å². The molecule has 0 atom stereocenters. The Balaban J connectivity index is 2.44. The van der Waals surface area contributed by atoms with Crippen LogP contribution in [0.1, 0.15) is 20.3 Å². The molecular formula is C13H19ClN2O3S. The first-order valence-electron chi connectivity index (χ1n) is 6.33. The van der Waals surface area contributed by atoms with Crippen LogP contribution in [0, 0.1) is 5.92 Å². The van der Waals surface area contributed by atoms with E-state index in [0.717, 1.165) is 0 Å². The number of hydrogen-bond donors (Lipinski definition) is 2. The standard InChI is InChI=1S/C13H19ClN2O3S/c1-10(2)9-15-13(17)7-8-16-20(18,19)12-5-3-11(14)4-6-12/h3-6,10,16H,7-9H2,1-2H3,(H,15,17).